The van der Waals surface area contributed by atoms with Crippen LogP contribution in [0.4, 0.5) is 4.39 Å². The van der Waals surface area contributed by atoms with Crippen molar-refractivity contribution in [2.75, 3.05) is 52.5 Å². The Labute approximate surface area is 169 Å². The molecule has 2 fully saturated rings. The number of amides is 1. The molecule has 2 aliphatic heterocycles. The van der Waals surface area contributed by atoms with Crippen molar-refractivity contribution in [1.29, 1.82) is 0 Å². The van der Waals surface area contributed by atoms with Crippen LogP contribution in [-0.2, 0) is 16.1 Å². The van der Waals surface area contributed by atoms with Crippen molar-refractivity contribution in [2.45, 2.75) is 19.5 Å². The zero-order valence-corrected chi connectivity index (χ0v) is 16.6. The second-order valence-electron chi connectivity index (χ2n) is 7.43. The number of ether oxygens (including phenoxy) is 1. The first-order chi connectivity index (χ1) is 14.1. The molecule has 1 amide bonds. The highest BCUT2D eigenvalue weighted by Crippen LogP contribution is 2.19. The number of benzene rings is 1. The fourth-order valence-electron chi connectivity index (χ4n) is 3.73. The quantitative estimate of drug-likeness (QED) is 0.744. The lowest BCUT2D eigenvalue weighted by Gasteiger charge is -2.39. The average Bonchev–Trinajstić information content (AvgIpc) is 3.23. The Bertz CT molecular complexity index is 814. The van der Waals surface area contributed by atoms with Crippen LogP contribution in [0.15, 0.2) is 28.7 Å². The molecule has 156 valence electrons. The van der Waals surface area contributed by atoms with Crippen molar-refractivity contribution in [3.8, 4) is 11.5 Å². The monoisotopic (exact) mass is 403 g/mol. The number of hydrogen-bond donors (Lipinski definition) is 0. The fourth-order valence-corrected chi connectivity index (χ4v) is 3.73. The van der Waals surface area contributed by atoms with Gasteiger partial charge in [-0.05, 0) is 31.2 Å². The van der Waals surface area contributed by atoms with Crippen LogP contribution in [0.25, 0.3) is 11.5 Å². The van der Waals surface area contributed by atoms with E-state index in [1.807, 2.05) is 11.8 Å². The van der Waals surface area contributed by atoms with E-state index in [0.717, 1.165) is 26.2 Å². The van der Waals surface area contributed by atoms with Gasteiger partial charge in [0.2, 0.25) is 17.7 Å². The maximum absolute atomic E-state index is 13.1. The number of piperazine rings is 1. The van der Waals surface area contributed by atoms with E-state index >= 15 is 0 Å². The Hall–Kier alpha value is -2.36. The molecular formula is C20H26FN5O3. The standard InChI is InChI=1S/C20H26FN5O3/c1-15(20(27)26-10-12-28-13-11-26)25-8-6-24(7-9-25)14-18-22-23-19(29-18)16-2-4-17(21)5-3-16/h2-5,15H,6-14H2,1H3. The lowest BCUT2D eigenvalue weighted by atomic mass is 10.2. The Kier molecular flexibility index (Phi) is 6.17. The van der Waals surface area contributed by atoms with E-state index in [9.17, 15) is 9.18 Å². The van der Waals surface area contributed by atoms with Crippen molar-refractivity contribution in [1.82, 2.24) is 24.9 Å². The van der Waals surface area contributed by atoms with Gasteiger partial charge < -0.3 is 14.1 Å². The highest BCUT2D eigenvalue weighted by Gasteiger charge is 2.29. The average molecular weight is 403 g/mol. The largest absolute Gasteiger partial charge is 0.419 e. The minimum Gasteiger partial charge on any atom is -0.419 e. The lowest BCUT2D eigenvalue weighted by Crippen LogP contribution is -2.55. The molecule has 2 saturated heterocycles. The molecule has 2 aliphatic rings. The van der Waals surface area contributed by atoms with Gasteiger partial charge in [0.05, 0.1) is 25.8 Å². The van der Waals surface area contributed by atoms with Crippen LogP contribution < -0.4 is 0 Å². The van der Waals surface area contributed by atoms with Crippen LogP contribution in [0, 0.1) is 5.82 Å². The Morgan fingerprint density at radius 3 is 2.45 bits per heavy atom. The van der Waals surface area contributed by atoms with Crippen LogP contribution in [0.1, 0.15) is 12.8 Å². The van der Waals surface area contributed by atoms with Gasteiger partial charge in [-0.25, -0.2) is 4.39 Å². The maximum atomic E-state index is 13.1. The summed E-state index contributed by atoms with van der Waals surface area (Å²) in [7, 11) is 0. The third-order valence-electron chi connectivity index (χ3n) is 5.55. The summed E-state index contributed by atoms with van der Waals surface area (Å²) in [6.45, 7) is 8.44. The smallest absolute Gasteiger partial charge is 0.247 e. The molecule has 4 rings (SSSR count). The molecule has 1 unspecified atom stereocenters. The van der Waals surface area contributed by atoms with Crippen molar-refractivity contribution in [3.63, 3.8) is 0 Å². The van der Waals surface area contributed by atoms with Crippen LogP contribution in [0.5, 0.6) is 0 Å². The molecule has 0 spiro atoms. The van der Waals surface area contributed by atoms with Gasteiger partial charge in [-0.3, -0.25) is 14.6 Å². The summed E-state index contributed by atoms with van der Waals surface area (Å²) in [5, 5.41) is 8.18. The summed E-state index contributed by atoms with van der Waals surface area (Å²) < 4.78 is 24.1. The van der Waals surface area contributed by atoms with Crippen LogP contribution >= 0.6 is 0 Å². The number of aromatic nitrogens is 2. The summed E-state index contributed by atoms with van der Waals surface area (Å²) >= 11 is 0. The molecule has 8 nitrogen and oxygen atoms in total. The first kappa shape index (κ1) is 19.9. The maximum Gasteiger partial charge on any atom is 0.247 e. The number of rotatable bonds is 5. The summed E-state index contributed by atoms with van der Waals surface area (Å²) in [5.41, 5.74) is 0.699. The third kappa shape index (κ3) is 4.80. The molecule has 29 heavy (non-hydrogen) atoms. The van der Waals surface area contributed by atoms with Gasteiger partial charge >= 0.3 is 0 Å². The van der Waals surface area contributed by atoms with E-state index in [0.29, 0.717) is 50.2 Å². The van der Waals surface area contributed by atoms with Crippen molar-refractivity contribution in [2.24, 2.45) is 0 Å². The van der Waals surface area contributed by atoms with E-state index < -0.39 is 0 Å². The van der Waals surface area contributed by atoms with Gasteiger partial charge in [0, 0.05) is 44.8 Å². The zero-order chi connectivity index (χ0) is 20.2. The number of halogens is 1. The van der Waals surface area contributed by atoms with Crippen molar-refractivity contribution < 1.29 is 18.3 Å². The molecule has 1 atom stereocenters. The fraction of sp³-hybridized carbons (Fsp3) is 0.550. The highest BCUT2D eigenvalue weighted by atomic mass is 19.1. The summed E-state index contributed by atoms with van der Waals surface area (Å²) in [6.07, 6.45) is 0. The second-order valence-corrected chi connectivity index (χ2v) is 7.43. The van der Waals surface area contributed by atoms with E-state index in [2.05, 4.69) is 20.0 Å². The first-order valence-electron chi connectivity index (χ1n) is 10.0. The molecule has 9 heteroatoms. The van der Waals surface area contributed by atoms with Crippen molar-refractivity contribution >= 4 is 5.91 Å². The predicted molar refractivity (Wildman–Crippen MR) is 103 cm³/mol. The molecule has 0 bridgehead atoms. The Balaban J connectivity index is 1.28. The topological polar surface area (TPSA) is 74.9 Å². The van der Waals surface area contributed by atoms with Gasteiger partial charge in [0.1, 0.15) is 5.82 Å². The van der Waals surface area contributed by atoms with E-state index in [1.54, 1.807) is 12.1 Å². The molecule has 0 radical (unpaired) electrons. The highest BCUT2D eigenvalue weighted by molar-refractivity contribution is 5.81. The van der Waals surface area contributed by atoms with Gasteiger partial charge in [-0.2, -0.15) is 0 Å². The zero-order valence-electron chi connectivity index (χ0n) is 16.6. The van der Waals surface area contributed by atoms with E-state index in [4.69, 9.17) is 9.15 Å². The molecule has 2 aromatic rings. The van der Waals surface area contributed by atoms with Gasteiger partial charge in [-0.1, -0.05) is 0 Å². The molecule has 1 aromatic carbocycles. The Morgan fingerprint density at radius 2 is 1.76 bits per heavy atom. The van der Waals surface area contributed by atoms with Gasteiger partial charge in [0.15, 0.2) is 0 Å². The molecule has 0 N–H and O–H groups in total. The summed E-state index contributed by atoms with van der Waals surface area (Å²) in [4.78, 5) is 19.1. The predicted octanol–water partition coefficient (Wildman–Crippen LogP) is 1.24. The van der Waals surface area contributed by atoms with Crippen LogP contribution in [-0.4, -0.2) is 89.3 Å². The summed E-state index contributed by atoms with van der Waals surface area (Å²) in [6, 6.07) is 5.87. The number of morpholine rings is 1. The number of hydrogen-bond acceptors (Lipinski definition) is 7. The van der Waals surface area contributed by atoms with Gasteiger partial charge in [0.25, 0.3) is 0 Å². The minimum atomic E-state index is -0.298. The number of carbonyl (C=O) groups excluding carboxylic acids is 1. The molecular weight excluding hydrogens is 377 g/mol. The SMILES string of the molecule is CC(C(=O)N1CCOCC1)N1CCN(Cc2nnc(-c3ccc(F)cc3)o2)CC1. The molecule has 0 aliphatic carbocycles. The molecule has 1 aromatic heterocycles. The van der Waals surface area contributed by atoms with Crippen LogP contribution in [0.3, 0.4) is 0 Å². The molecule has 3 heterocycles. The van der Waals surface area contributed by atoms with E-state index in [1.165, 1.54) is 12.1 Å². The second kappa shape index (κ2) is 8.98. The van der Waals surface area contributed by atoms with Gasteiger partial charge in [-0.15, -0.1) is 10.2 Å². The third-order valence-corrected chi connectivity index (χ3v) is 5.55. The van der Waals surface area contributed by atoms with E-state index in [-0.39, 0.29) is 17.8 Å². The Morgan fingerprint density at radius 1 is 1.07 bits per heavy atom. The first-order valence-corrected chi connectivity index (χ1v) is 10.0. The minimum absolute atomic E-state index is 0.122. The van der Waals surface area contributed by atoms with Crippen molar-refractivity contribution in [3.05, 3.63) is 36.0 Å². The number of nitrogens with zero attached hydrogens (tertiary/aromatic N) is 5. The number of carbonyl (C=O) groups is 1. The summed E-state index contributed by atoms with van der Waals surface area (Å²) in [5.74, 6) is 0.814. The lowest BCUT2D eigenvalue weighted by molar-refractivity contribution is -0.141. The normalized spacial score (nSPS) is 20.0. The van der Waals surface area contributed by atoms with Crippen LogP contribution in [0.2, 0.25) is 0 Å². The molecule has 0 saturated carbocycles.